The molecule has 2 saturated heterocycles. The summed E-state index contributed by atoms with van der Waals surface area (Å²) in [5, 5.41) is 9.47. The molecule has 1 aromatic rings. The van der Waals surface area contributed by atoms with Crippen molar-refractivity contribution in [2.24, 2.45) is 5.92 Å². The second kappa shape index (κ2) is 7.88. The molecule has 0 aliphatic carbocycles. The van der Waals surface area contributed by atoms with Gasteiger partial charge in [0.2, 0.25) is 5.91 Å². The van der Waals surface area contributed by atoms with Gasteiger partial charge >= 0.3 is 0 Å². The maximum Gasteiger partial charge on any atom is 0.232 e. The molecule has 3 N–H and O–H groups in total. The molecule has 0 aromatic heterocycles. The average molecular weight is 331 g/mol. The lowest BCUT2D eigenvalue weighted by atomic mass is 9.83. The van der Waals surface area contributed by atoms with Crippen LogP contribution >= 0.6 is 0 Å². The highest BCUT2D eigenvalue weighted by molar-refractivity contribution is 6.05. The normalized spacial score (nSPS) is 29.8. The first-order chi connectivity index (χ1) is 11.7. The Balaban J connectivity index is 1.58. The summed E-state index contributed by atoms with van der Waals surface area (Å²) in [4.78, 5) is 25.2. The van der Waals surface area contributed by atoms with Crippen LogP contribution in [0, 0.1) is 5.92 Å². The number of carbonyl (C=O) groups is 2. The second-order valence-corrected chi connectivity index (χ2v) is 6.34. The van der Waals surface area contributed by atoms with Crippen molar-refractivity contribution < 1.29 is 14.3 Å². The van der Waals surface area contributed by atoms with Crippen molar-refractivity contribution in [3.8, 4) is 0 Å². The fourth-order valence-electron chi connectivity index (χ4n) is 3.45. The van der Waals surface area contributed by atoms with Gasteiger partial charge in [0.15, 0.2) is 5.78 Å². The SMILES string of the molecule is CCOC1CCC2NCC(C(=O)NCc3ccccc3)C(=O)C2N1. The van der Waals surface area contributed by atoms with Crippen LogP contribution in [0.1, 0.15) is 25.3 Å². The van der Waals surface area contributed by atoms with Gasteiger partial charge in [-0.3, -0.25) is 14.9 Å². The number of ketones is 1. The molecule has 0 radical (unpaired) electrons. The molecule has 4 unspecified atom stereocenters. The Morgan fingerprint density at radius 2 is 2.08 bits per heavy atom. The lowest BCUT2D eigenvalue weighted by molar-refractivity contribution is -0.139. The molecule has 2 fully saturated rings. The monoisotopic (exact) mass is 331 g/mol. The van der Waals surface area contributed by atoms with E-state index in [0.717, 1.165) is 18.4 Å². The summed E-state index contributed by atoms with van der Waals surface area (Å²) in [6.45, 7) is 3.39. The molecule has 2 heterocycles. The van der Waals surface area contributed by atoms with E-state index in [4.69, 9.17) is 4.74 Å². The molecule has 1 amide bonds. The van der Waals surface area contributed by atoms with Crippen LogP contribution in [0.2, 0.25) is 0 Å². The molecule has 0 spiro atoms. The fourth-order valence-corrected chi connectivity index (χ4v) is 3.45. The van der Waals surface area contributed by atoms with Crippen molar-refractivity contribution in [2.45, 2.75) is 44.6 Å². The van der Waals surface area contributed by atoms with E-state index in [1.54, 1.807) is 0 Å². The highest BCUT2D eigenvalue weighted by atomic mass is 16.5. The van der Waals surface area contributed by atoms with Crippen LogP contribution in [0.4, 0.5) is 0 Å². The molecular weight excluding hydrogens is 306 g/mol. The number of amides is 1. The average Bonchev–Trinajstić information content (AvgIpc) is 2.61. The molecule has 2 aliphatic heterocycles. The zero-order valence-corrected chi connectivity index (χ0v) is 14.0. The summed E-state index contributed by atoms with van der Waals surface area (Å²) >= 11 is 0. The summed E-state index contributed by atoms with van der Waals surface area (Å²) in [5.41, 5.74) is 1.02. The first kappa shape index (κ1) is 17.1. The highest BCUT2D eigenvalue weighted by Gasteiger charge is 2.44. The van der Waals surface area contributed by atoms with E-state index in [0.29, 0.717) is 19.7 Å². The van der Waals surface area contributed by atoms with Gasteiger partial charge in [-0.25, -0.2) is 0 Å². The predicted octanol–water partition coefficient (Wildman–Crippen LogP) is 0.575. The van der Waals surface area contributed by atoms with Crippen molar-refractivity contribution >= 4 is 11.7 Å². The highest BCUT2D eigenvalue weighted by Crippen LogP contribution is 2.22. The van der Waals surface area contributed by atoms with Crippen LogP contribution in [0.5, 0.6) is 0 Å². The van der Waals surface area contributed by atoms with E-state index in [9.17, 15) is 9.59 Å². The summed E-state index contributed by atoms with van der Waals surface area (Å²) < 4.78 is 5.59. The topological polar surface area (TPSA) is 79.5 Å². The van der Waals surface area contributed by atoms with E-state index in [1.807, 2.05) is 37.3 Å². The molecule has 6 heteroatoms. The maximum absolute atomic E-state index is 12.7. The number of nitrogens with one attached hydrogen (secondary N) is 3. The van der Waals surface area contributed by atoms with Crippen molar-refractivity contribution in [3.63, 3.8) is 0 Å². The number of ether oxygens (including phenoxy) is 1. The Hall–Kier alpha value is -1.76. The number of fused-ring (bicyclic) bond motifs is 1. The third-order valence-electron chi connectivity index (χ3n) is 4.74. The maximum atomic E-state index is 12.7. The molecule has 2 aliphatic rings. The van der Waals surface area contributed by atoms with E-state index >= 15 is 0 Å². The van der Waals surface area contributed by atoms with Crippen molar-refractivity contribution in [2.75, 3.05) is 13.2 Å². The van der Waals surface area contributed by atoms with Gasteiger partial charge < -0.3 is 15.4 Å². The predicted molar refractivity (Wildman–Crippen MR) is 90.1 cm³/mol. The molecule has 24 heavy (non-hydrogen) atoms. The lowest BCUT2D eigenvalue weighted by Gasteiger charge is -2.41. The Morgan fingerprint density at radius 3 is 2.83 bits per heavy atom. The van der Waals surface area contributed by atoms with E-state index in [2.05, 4.69) is 16.0 Å². The fraction of sp³-hybridized carbons (Fsp3) is 0.556. The number of Topliss-reactive ketones (excluding diaryl/α,β-unsaturated/α-hetero) is 1. The largest absolute Gasteiger partial charge is 0.364 e. The molecule has 1 aromatic carbocycles. The zero-order valence-electron chi connectivity index (χ0n) is 14.0. The summed E-state index contributed by atoms with van der Waals surface area (Å²) in [7, 11) is 0. The molecule has 130 valence electrons. The number of hydrogen-bond acceptors (Lipinski definition) is 5. The minimum Gasteiger partial charge on any atom is -0.364 e. The van der Waals surface area contributed by atoms with Gasteiger partial charge in [-0.1, -0.05) is 30.3 Å². The number of carbonyl (C=O) groups excluding carboxylic acids is 2. The molecule has 6 nitrogen and oxygen atoms in total. The van der Waals surface area contributed by atoms with E-state index in [1.165, 1.54) is 0 Å². The van der Waals surface area contributed by atoms with Gasteiger partial charge in [0.1, 0.15) is 12.1 Å². The standard InChI is InChI=1S/C18H25N3O3/c1-2-24-15-9-8-14-16(21-15)17(22)13(11-19-14)18(23)20-10-12-6-4-3-5-7-12/h3-7,13-16,19,21H,2,8-11H2,1H3,(H,20,23). The first-order valence-corrected chi connectivity index (χ1v) is 8.65. The third kappa shape index (κ3) is 3.83. The van der Waals surface area contributed by atoms with Crippen molar-refractivity contribution in [1.29, 1.82) is 0 Å². The number of benzene rings is 1. The molecule has 0 bridgehead atoms. The summed E-state index contributed by atoms with van der Waals surface area (Å²) in [5.74, 6) is -0.897. The van der Waals surface area contributed by atoms with Crippen LogP contribution in [-0.2, 0) is 20.9 Å². The van der Waals surface area contributed by atoms with Gasteiger partial charge in [0, 0.05) is 25.7 Å². The second-order valence-electron chi connectivity index (χ2n) is 6.34. The Labute approximate surface area is 142 Å². The Morgan fingerprint density at radius 1 is 1.29 bits per heavy atom. The Kier molecular flexibility index (Phi) is 5.60. The van der Waals surface area contributed by atoms with Gasteiger partial charge in [0.05, 0.1) is 6.04 Å². The number of piperidine rings is 2. The summed E-state index contributed by atoms with van der Waals surface area (Å²) in [6.07, 6.45) is 1.65. The van der Waals surface area contributed by atoms with Crippen LogP contribution in [0.3, 0.4) is 0 Å². The lowest BCUT2D eigenvalue weighted by Crippen LogP contribution is -2.67. The van der Waals surface area contributed by atoms with Crippen molar-refractivity contribution in [3.05, 3.63) is 35.9 Å². The van der Waals surface area contributed by atoms with Gasteiger partial charge in [-0.15, -0.1) is 0 Å². The number of rotatable bonds is 5. The third-order valence-corrected chi connectivity index (χ3v) is 4.74. The van der Waals surface area contributed by atoms with E-state index < -0.39 is 5.92 Å². The molecule has 4 atom stereocenters. The first-order valence-electron chi connectivity index (χ1n) is 8.65. The van der Waals surface area contributed by atoms with Crippen molar-refractivity contribution in [1.82, 2.24) is 16.0 Å². The molecule has 3 rings (SSSR count). The van der Waals surface area contributed by atoms with Gasteiger partial charge in [-0.2, -0.15) is 0 Å². The smallest absolute Gasteiger partial charge is 0.232 e. The van der Waals surface area contributed by atoms with E-state index in [-0.39, 0.29) is 30.0 Å². The quantitative estimate of drug-likeness (QED) is 0.688. The summed E-state index contributed by atoms with van der Waals surface area (Å²) in [6, 6.07) is 9.44. The van der Waals surface area contributed by atoms with Crippen LogP contribution in [-0.4, -0.2) is 43.2 Å². The minimum atomic E-state index is -0.650. The van der Waals surface area contributed by atoms with Gasteiger partial charge in [0.25, 0.3) is 0 Å². The minimum absolute atomic E-state index is 0.0336. The van der Waals surface area contributed by atoms with Crippen LogP contribution in [0.15, 0.2) is 30.3 Å². The van der Waals surface area contributed by atoms with Crippen LogP contribution in [0.25, 0.3) is 0 Å². The van der Waals surface area contributed by atoms with Crippen LogP contribution < -0.4 is 16.0 Å². The molecule has 0 saturated carbocycles. The Bertz CT molecular complexity index is 578. The molecular formula is C18H25N3O3. The zero-order chi connectivity index (χ0) is 16.9. The van der Waals surface area contributed by atoms with Gasteiger partial charge in [-0.05, 0) is 25.3 Å². The number of hydrogen-bond donors (Lipinski definition) is 3.